The standard InChI is InChI=1S/C12H8Cl3PS/c13-9-5-1-3-7-11(9)16(15,17)12-8-4-2-6-10(12)14/h1-8H. The Balaban J connectivity index is 2.63. The van der Waals surface area contributed by atoms with Crippen LogP contribution in [0, 0.1) is 0 Å². The first kappa shape index (κ1) is 13.4. The summed E-state index contributed by atoms with van der Waals surface area (Å²) in [5.41, 5.74) is 0. The van der Waals surface area contributed by atoms with Gasteiger partial charge in [0.2, 0.25) is 0 Å². The molecule has 2 aromatic carbocycles. The van der Waals surface area contributed by atoms with Crippen LogP contribution in [-0.2, 0) is 11.8 Å². The fourth-order valence-electron chi connectivity index (χ4n) is 1.50. The third-order valence-corrected chi connectivity index (χ3v) is 7.54. The molecule has 0 aliphatic heterocycles. The van der Waals surface area contributed by atoms with Crippen LogP contribution in [0.3, 0.4) is 0 Å². The van der Waals surface area contributed by atoms with Crippen molar-refractivity contribution >= 4 is 62.2 Å². The number of benzene rings is 2. The topological polar surface area (TPSA) is 0 Å². The molecule has 0 unspecified atom stereocenters. The summed E-state index contributed by atoms with van der Waals surface area (Å²) < 4.78 is 0. The molecule has 2 rings (SSSR count). The first-order valence-corrected chi connectivity index (χ1v) is 9.29. The average Bonchev–Trinajstić information content (AvgIpc) is 2.29. The summed E-state index contributed by atoms with van der Waals surface area (Å²) in [6.45, 7) is 0. The minimum absolute atomic E-state index is 0.589. The van der Waals surface area contributed by atoms with Crippen molar-refractivity contribution in [3.05, 3.63) is 58.6 Å². The summed E-state index contributed by atoms with van der Waals surface area (Å²) in [6, 6.07) is 14.8. The molecule has 0 amide bonds. The zero-order valence-corrected chi connectivity index (χ0v) is 12.6. The normalized spacial score (nSPS) is 11.5. The maximum absolute atomic E-state index is 6.55. The van der Waals surface area contributed by atoms with E-state index in [9.17, 15) is 0 Å². The van der Waals surface area contributed by atoms with Gasteiger partial charge < -0.3 is 0 Å². The molecular weight excluding hydrogens is 314 g/mol. The Morgan fingerprint density at radius 1 is 0.765 bits per heavy atom. The van der Waals surface area contributed by atoms with Gasteiger partial charge in [0.1, 0.15) is 0 Å². The lowest BCUT2D eigenvalue weighted by Gasteiger charge is -2.17. The minimum Gasteiger partial charge on any atom is -0.0836 e. The Labute approximate surface area is 120 Å². The van der Waals surface area contributed by atoms with E-state index < -0.39 is 5.39 Å². The van der Waals surface area contributed by atoms with Crippen LogP contribution in [0.25, 0.3) is 0 Å². The molecule has 2 aromatic rings. The van der Waals surface area contributed by atoms with Crippen molar-refractivity contribution in [2.24, 2.45) is 0 Å². The largest absolute Gasteiger partial charge is 0.0960 e. The molecule has 0 aliphatic rings. The summed E-state index contributed by atoms with van der Waals surface area (Å²) in [5, 5.41) is 0.314. The van der Waals surface area contributed by atoms with Gasteiger partial charge in [-0.3, -0.25) is 0 Å². The lowest BCUT2D eigenvalue weighted by atomic mass is 10.4. The van der Waals surface area contributed by atoms with Crippen LogP contribution >= 0.6 is 39.8 Å². The van der Waals surface area contributed by atoms with E-state index in [2.05, 4.69) is 0 Å². The summed E-state index contributed by atoms with van der Waals surface area (Å²) in [6.07, 6.45) is 0. The predicted molar refractivity (Wildman–Crippen MR) is 82.3 cm³/mol. The number of hydrogen-bond acceptors (Lipinski definition) is 1. The monoisotopic (exact) mass is 320 g/mol. The van der Waals surface area contributed by atoms with Crippen LogP contribution in [0.1, 0.15) is 0 Å². The highest BCUT2D eigenvalue weighted by Crippen LogP contribution is 2.52. The van der Waals surface area contributed by atoms with Crippen molar-refractivity contribution in [2.45, 2.75) is 0 Å². The Kier molecular flexibility index (Phi) is 4.18. The Morgan fingerprint density at radius 2 is 1.12 bits per heavy atom. The van der Waals surface area contributed by atoms with Gasteiger partial charge in [-0.25, -0.2) is 0 Å². The Hall–Kier alpha value is -0.0400. The zero-order chi connectivity index (χ0) is 12.5. The molecule has 0 bridgehead atoms. The SMILES string of the molecule is S=P(Cl)(c1ccccc1Cl)c1ccccc1Cl. The first-order valence-electron chi connectivity index (χ1n) is 4.83. The molecule has 0 N–H and O–H groups in total. The van der Waals surface area contributed by atoms with Gasteiger partial charge in [-0.1, -0.05) is 82.6 Å². The highest BCUT2D eigenvalue weighted by Gasteiger charge is 2.23. The Morgan fingerprint density at radius 3 is 1.47 bits per heavy atom. The molecule has 0 radical (unpaired) electrons. The molecular formula is C12H8Cl3PS. The molecule has 0 fully saturated rings. The van der Waals surface area contributed by atoms with Gasteiger partial charge >= 0.3 is 0 Å². The summed E-state index contributed by atoms with van der Waals surface area (Å²) in [7, 11) is 0. The van der Waals surface area contributed by atoms with Crippen LogP contribution in [-0.4, -0.2) is 0 Å². The molecule has 0 saturated carbocycles. The van der Waals surface area contributed by atoms with Gasteiger partial charge in [0.05, 0.1) is 15.4 Å². The van der Waals surface area contributed by atoms with Gasteiger partial charge in [-0.05, 0) is 12.1 Å². The van der Waals surface area contributed by atoms with Gasteiger partial charge in [0.15, 0.2) is 0 Å². The van der Waals surface area contributed by atoms with E-state index in [0.29, 0.717) is 10.0 Å². The number of halogens is 3. The molecule has 0 saturated heterocycles. The van der Waals surface area contributed by atoms with Crippen LogP contribution in [0.15, 0.2) is 48.5 Å². The van der Waals surface area contributed by atoms with E-state index in [1.807, 2.05) is 36.4 Å². The lowest BCUT2D eigenvalue weighted by molar-refractivity contribution is 1.75. The van der Waals surface area contributed by atoms with Crippen molar-refractivity contribution in [1.29, 1.82) is 0 Å². The molecule has 0 aromatic heterocycles. The molecule has 0 heterocycles. The zero-order valence-electron chi connectivity index (χ0n) is 8.61. The fraction of sp³-hybridized carbons (Fsp3) is 0. The van der Waals surface area contributed by atoms with Crippen LogP contribution in [0.5, 0.6) is 0 Å². The second kappa shape index (κ2) is 5.30. The summed E-state index contributed by atoms with van der Waals surface area (Å²) in [4.78, 5) is 0. The van der Waals surface area contributed by atoms with Gasteiger partial charge in [-0.15, -0.1) is 0 Å². The fourth-order valence-corrected chi connectivity index (χ4v) is 6.45. The maximum Gasteiger partial charge on any atom is 0.0960 e. The molecule has 88 valence electrons. The number of rotatable bonds is 2. The first-order chi connectivity index (χ1) is 8.03. The quantitative estimate of drug-likeness (QED) is 0.730. The van der Waals surface area contributed by atoms with Crippen LogP contribution in [0.2, 0.25) is 10.0 Å². The highest BCUT2D eigenvalue weighted by atomic mass is 35.7. The molecule has 0 spiro atoms. The predicted octanol–water partition coefficient (Wildman–Crippen LogP) is 4.58. The van der Waals surface area contributed by atoms with E-state index >= 15 is 0 Å². The second-order valence-corrected chi connectivity index (χ2v) is 10.0. The smallest absolute Gasteiger partial charge is 0.0836 e. The third-order valence-electron chi connectivity index (χ3n) is 2.32. The van der Waals surface area contributed by atoms with E-state index in [1.165, 1.54) is 0 Å². The van der Waals surface area contributed by atoms with Gasteiger partial charge in [-0.2, -0.15) is 0 Å². The third kappa shape index (κ3) is 2.70. The van der Waals surface area contributed by atoms with Crippen molar-refractivity contribution in [3.63, 3.8) is 0 Å². The Bertz CT molecular complexity index is 548. The van der Waals surface area contributed by atoms with Crippen molar-refractivity contribution in [1.82, 2.24) is 0 Å². The molecule has 0 atom stereocenters. The lowest BCUT2D eigenvalue weighted by Crippen LogP contribution is -2.13. The van der Waals surface area contributed by atoms with Gasteiger partial charge in [0, 0.05) is 10.6 Å². The van der Waals surface area contributed by atoms with Crippen molar-refractivity contribution < 1.29 is 0 Å². The van der Waals surface area contributed by atoms with Crippen molar-refractivity contribution in [2.75, 3.05) is 0 Å². The van der Waals surface area contributed by atoms with Gasteiger partial charge in [0.25, 0.3) is 0 Å². The second-order valence-electron chi connectivity index (χ2n) is 3.44. The van der Waals surface area contributed by atoms with Crippen LogP contribution < -0.4 is 10.6 Å². The van der Waals surface area contributed by atoms with E-state index in [-0.39, 0.29) is 0 Å². The molecule has 5 heteroatoms. The highest BCUT2D eigenvalue weighted by molar-refractivity contribution is 8.34. The average molecular weight is 322 g/mol. The molecule has 0 aliphatic carbocycles. The maximum atomic E-state index is 6.55. The summed E-state index contributed by atoms with van der Waals surface area (Å²) >= 11 is 24.4. The molecule has 17 heavy (non-hydrogen) atoms. The van der Waals surface area contributed by atoms with Crippen molar-refractivity contribution in [3.8, 4) is 0 Å². The van der Waals surface area contributed by atoms with E-state index in [0.717, 1.165) is 10.6 Å². The van der Waals surface area contributed by atoms with E-state index in [1.54, 1.807) is 12.1 Å². The minimum atomic E-state index is -2.43. The van der Waals surface area contributed by atoms with E-state index in [4.69, 9.17) is 46.2 Å². The molecule has 0 nitrogen and oxygen atoms in total. The summed E-state index contributed by atoms with van der Waals surface area (Å²) in [5.74, 6) is 0. The number of hydrogen-bond donors (Lipinski definition) is 0. The van der Waals surface area contributed by atoms with Crippen LogP contribution in [0.4, 0.5) is 0 Å².